The molecule has 2 rings (SSSR count). The van der Waals surface area contributed by atoms with E-state index < -0.39 is 20.0 Å². The largest absolute Gasteiger partial charge is 0.280 e. The molecule has 0 amide bonds. The zero-order valence-corrected chi connectivity index (χ0v) is 15.1. The highest BCUT2D eigenvalue weighted by Crippen LogP contribution is 2.19. The molecule has 0 heterocycles. The van der Waals surface area contributed by atoms with E-state index in [0.717, 1.165) is 18.4 Å². The smallest absolute Gasteiger partial charge is 0.261 e. The first-order valence-electron chi connectivity index (χ1n) is 7.44. The standard InChI is InChI=1S/C16H20N2O4S2.2H2/c1-3-4-13-5-9-16(10-6-13)24(21,22)18-14-7-11-15(12-8-14)23(19,20)17-2;;/h5-12,17-18H,3-4H2,1-2H3;2*1H. The van der Waals surface area contributed by atoms with Crippen molar-refractivity contribution in [2.75, 3.05) is 11.8 Å². The van der Waals surface area contributed by atoms with Crippen LogP contribution in [-0.2, 0) is 26.5 Å². The highest BCUT2D eigenvalue weighted by Gasteiger charge is 2.15. The van der Waals surface area contributed by atoms with Crippen LogP contribution in [0, 0.1) is 0 Å². The fourth-order valence-electron chi connectivity index (χ4n) is 2.16. The molecule has 24 heavy (non-hydrogen) atoms. The van der Waals surface area contributed by atoms with Crippen LogP contribution >= 0.6 is 0 Å². The predicted octanol–water partition coefficient (Wildman–Crippen LogP) is 2.84. The van der Waals surface area contributed by atoms with Gasteiger partial charge in [-0.25, -0.2) is 21.6 Å². The summed E-state index contributed by atoms with van der Waals surface area (Å²) in [7, 11) is -5.95. The minimum Gasteiger partial charge on any atom is -0.280 e. The maximum atomic E-state index is 12.4. The van der Waals surface area contributed by atoms with Crippen LogP contribution in [0.1, 0.15) is 21.8 Å². The van der Waals surface area contributed by atoms with Crippen molar-refractivity contribution in [1.29, 1.82) is 0 Å². The minimum atomic E-state index is -3.71. The lowest BCUT2D eigenvalue weighted by atomic mass is 10.1. The molecule has 0 aliphatic rings. The van der Waals surface area contributed by atoms with Gasteiger partial charge in [-0.2, -0.15) is 0 Å². The Labute approximate surface area is 146 Å². The molecule has 0 aliphatic carbocycles. The third-order valence-corrected chi connectivity index (χ3v) is 6.29. The van der Waals surface area contributed by atoms with E-state index in [4.69, 9.17) is 0 Å². The average Bonchev–Trinajstić information content (AvgIpc) is 2.56. The van der Waals surface area contributed by atoms with Gasteiger partial charge in [0.15, 0.2) is 0 Å². The predicted molar refractivity (Wildman–Crippen MR) is 98.2 cm³/mol. The first-order chi connectivity index (χ1) is 11.3. The van der Waals surface area contributed by atoms with Crippen LogP contribution < -0.4 is 9.44 Å². The summed E-state index contributed by atoms with van der Waals surface area (Å²) in [5.74, 6) is 0. The minimum absolute atomic E-state index is 0. The van der Waals surface area contributed by atoms with Gasteiger partial charge in [-0.05, 0) is 55.4 Å². The summed E-state index contributed by atoms with van der Waals surface area (Å²) in [5, 5.41) is 0. The Morgan fingerprint density at radius 3 is 1.83 bits per heavy atom. The van der Waals surface area contributed by atoms with Crippen molar-refractivity contribution in [3.05, 3.63) is 54.1 Å². The first kappa shape index (κ1) is 18.4. The summed E-state index contributed by atoms with van der Waals surface area (Å²) >= 11 is 0. The molecule has 0 radical (unpaired) electrons. The highest BCUT2D eigenvalue weighted by atomic mass is 32.2. The van der Waals surface area contributed by atoms with E-state index in [-0.39, 0.29) is 12.6 Å². The van der Waals surface area contributed by atoms with Crippen molar-refractivity contribution in [3.63, 3.8) is 0 Å². The van der Waals surface area contributed by atoms with Crippen LogP contribution in [0.2, 0.25) is 0 Å². The van der Waals surface area contributed by atoms with Crippen LogP contribution in [-0.4, -0.2) is 23.9 Å². The second-order valence-corrected chi connectivity index (χ2v) is 8.80. The molecule has 0 saturated carbocycles. The molecular formula is C16H24N2O4S2. The normalized spacial score (nSPS) is 12.1. The van der Waals surface area contributed by atoms with Crippen molar-refractivity contribution >= 4 is 25.7 Å². The number of nitrogens with one attached hydrogen (secondary N) is 2. The number of aryl methyl sites for hydroxylation is 1. The fraction of sp³-hybridized carbons (Fsp3) is 0.250. The van der Waals surface area contributed by atoms with Crippen LogP contribution in [0.25, 0.3) is 0 Å². The van der Waals surface area contributed by atoms with E-state index in [0.29, 0.717) is 5.69 Å². The molecule has 8 heteroatoms. The van der Waals surface area contributed by atoms with E-state index in [2.05, 4.69) is 16.4 Å². The first-order valence-corrected chi connectivity index (χ1v) is 10.4. The van der Waals surface area contributed by atoms with E-state index in [1.54, 1.807) is 24.3 Å². The Kier molecular flexibility index (Phi) is 5.63. The van der Waals surface area contributed by atoms with Gasteiger partial charge in [0.1, 0.15) is 0 Å². The molecule has 0 saturated heterocycles. The Bertz CT molecular complexity index is 898. The van der Waals surface area contributed by atoms with E-state index in [1.807, 2.05) is 0 Å². The zero-order valence-electron chi connectivity index (χ0n) is 13.5. The van der Waals surface area contributed by atoms with E-state index >= 15 is 0 Å². The summed E-state index contributed by atoms with van der Waals surface area (Å²) in [4.78, 5) is 0.228. The summed E-state index contributed by atoms with van der Waals surface area (Å²) in [6.45, 7) is 2.06. The SMILES string of the molecule is CCCc1ccc(S(=O)(=O)Nc2ccc(S(=O)(=O)NC)cc2)cc1.[HH].[HH]. The molecule has 0 bridgehead atoms. The van der Waals surface area contributed by atoms with Crippen molar-refractivity contribution < 1.29 is 19.7 Å². The number of benzene rings is 2. The van der Waals surface area contributed by atoms with Crippen LogP contribution in [0.15, 0.2) is 58.3 Å². The molecular weight excluding hydrogens is 348 g/mol. The second kappa shape index (κ2) is 7.33. The van der Waals surface area contributed by atoms with Gasteiger partial charge >= 0.3 is 0 Å². The van der Waals surface area contributed by atoms with Crippen molar-refractivity contribution in [2.24, 2.45) is 0 Å². The average molecular weight is 373 g/mol. The van der Waals surface area contributed by atoms with Gasteiger partial charge in [0.2, 0.25) is 10.0 Å². The summed E-state index contributed by atoms with van der Waals surface area (Å²) in [6, 6.07) is 12.2. The quantitative estimate of drug-likeness (QED) is 0.782. The number of anilines is 1. The topological polar surface area (TPSA) is 92.3 Å². The lowest BCUT2D eigenvalue weighted by Crippen LogP contribution is -2.18. The van der Waals surface area contributed by atoms with Gasteiger partial charge in [-0.1, -0.05) is 25.5 Å². The molecule has 0 aliphatic heterocycles. The van der Waals surface area contributed by atoms with E-state index in [9.17, 15) is 16.8 Å². The summed E-state index contributed by atoms with van der Waals surface area (Å²) < 4.78 is 52.7. The molecule has 0 unspecified atom stereocenters. The van der Waals surface area contributed by atoms with Gasteiger partial charge < -0.3 is 0 Å². The Hall–Kier alpha value is -1.90. The maximum absolute atomic E-state index is 12.4. The molecule has 0 spiro atoms. The van der Waals surface area contributed by atoms with Crippen LogP contribution in [0.5, 0.6) is 0 Å². The van der Waals surface area contributed by atoms with Crippen molar-refractivity contribution in [2.45, 2.75) is 29.6 Å². The van der Waals surface area contributed by atoms with Crippen LogP contribution in [0.3, 0.4) is 0 Å². The number of rotatable bonds is 7. The summed E-state index contributed by atoms with van der Waals surface area (Å²) in [6.07, 6.45) is 1.89. The Balaban J connectivity index is 0.00000312. The van der Waals surface area contributed by atoms with Crippen molar-refractivity contribution in [3.8, 4) is 0 Å². The van der Waals surface area contributed by atoms with Gasteiger partial charge in [0.05, 0.1) is 9.79 Å². The molecule has 134 valence electrons. The zero-order chi connectivity index (χ0) is 17.8. The molecule has 0 atom stereocenters. The Morgan fingerprint density at radius 1 is 0.833 bits per heavy atom. The van der Waals surface area contributed by atoms with E-state index in [1.165, 1.54) is 31.3 Å². The molecule has 0 aromatic heterocycles. The third kappa shape index (κ3) is 4.34. The van der Waals surface area contributed by atoms with Gasteiger partial charge in [0, 0.05) is 8.54 Å². The number of hydrogen-bond acceptors (Lipinski definition) is 4. The monoisotopic (exact) mass is 372 g/mol. The molecule has 2 aromatic carbocycles. The molecule has 2 N–H and O–H groups in total. The third-order valence-electron chi connectivity index (χ3n) is 3.46. The number of hydrogen-bond donors (Lipinski definition) is 2. The summed E-state index contributed by atoms with van der Waals surface area (Å²) in [5.41, 5.74) is 1.38. The van der Waals surface area contributed by atoms with Gasteiger partial charge in [-0.3, -0.25) is 4.72 Å². The van der Waals surface area contributed by atoms with Crippen molar-refractivity contribution in [1.82, 2.24) is 4.72 Å². The molecule has 6 nitrogen and oxygen atoms in total. The van der Waals surface area contributed by atoms with Gasteiger partial charge in [0.25, 0.3) is 10.0 Å². The maximum Gasteiger partial charge on any atom is 0.261 e. The highest BCUT2D eigenvalue weighted by molar-refractivity contribution is 7.92. The molecule has 2 aromatic rings. The lowest BCUT2D eigenvalue weighted by Gasteiger charge is -2.09. The van der Waals surface area contributed by atoms with Gasteiger partial charge in [-0.15, -0.1) is 0 Å². The molecule has 0 fully saturated rings. The lowest BCUT2D eigenvalue weighted by molar-refractivity contribution is 0.588. The Morgan fingerprint density at radius 2 is 1.33 bits per heavy atom. The second-order valence-electron chi connectivity index (χ2n) is 5.23. The van der Waals surface area contributed by atoms with Crippen LogP contribution in [0.4, 0.5) is 5.69 Å². The fourth-order valence-corrected chi connectivity index (χ4v) is 3.95. The number of sulfonamides is 2.